The average molecular weight is 426 g/mol. The largest absolute Gasteiger partial charge is 0.619 e. The summed E-state index contributed by atoms with van der Waals surface area (Å²) in [5, 5.41) is 20.9. The Balaban J connectivity index is 1.74. The van der Waals surface area contributed by atoms with Gasteiger partial charge >= 0.3 is 0 Å². The van der Waals surface area contributed by atoms with Gasteiger partial charge in [0.1, 0.15) is 5.75 Å². The summed E-state index contributed by atoms with van der Waals surface area (Å²) < 4.78 is 12.0. The van der Waals surface area contributed by atoms with Crippen molar-refractivity contribution in [2.24, 2.45) is 10.3 Å². The van der Waals surface area contributed by atoms with Gasteiger partial charge in [-0.1, -0.05) is 18.5 Å². The summed E-state index contributed by atoms with van der Waals surface area (Å²) in [5.41, 5.74) is 1.59. The molecule has 0 fully saturated rings. The van der Waals surface area contributed by atoms with Gasteiger partial charge in [-0.05, 0) is 37.5 Å². The molecule has 1 aromatic heterocycles. The van der Waals surface area contributed by atoms with Crippen LogP contribution < -0.4 is 14.2 Å². The van der Waals surface area contributed by atoms with Crippen LogP contribution in [-0.2, 0) is 9.63 Å². The number of aromatic nitrogens is 1. The summed E-state index contributed by atoms with van der Waals surface area (Å²) in [5.74, 6) is 1.30. The zero-order valence-electron chi connectivity index (χ0n) is 17.7. The van der Waals surface area contributed by atoms with Crippen LogP contribution in [0.3, 0.4) is 0 Å². The summed E-state index contributed by atoms with van der Waals surface area (Å²) in [6, 6.07) is 8.62. The van der Waals surface area contributed by atoms with Gasteiger partial charge < -0.3 is 19.5 Å². The molecule has 0 bridgehead atoms. The molecule has 0 N–H and O–H groups in total. The van der Waals surface area contributed by atoms with Crippen LogP contribution in [-0.4, -0.2) is 43.1 Å². The number of rotatable bonds is 9. The number of pyridine rings is 1. The van der Waals surface area contributed by atoms with Crippen molar-refractivity contribution in [1.82, 2.24) is 5.01 Å². The fourth-order valence-corrected chi connectivity index (χ4v) is 2.96. The van der Waals surface area contributed by atoms with E-state index in [-0.39, 0.29) is 12.5 Å². The fourth-order valence-electron chi connectivity index (χ4n) is 2.96. The molecule has 164 valence electrons. The van der Waals surface area contributed by atoms with Gasteiger partial charge in [0.05, 0.1) is 12.8 Å². The van der Waals surface area contributed by atoms with E-state index < -0.39 is 0 Å². The van der Waals surface area contributed by atoms with Gasteiger partial charge in [-0.15, -0.1) is 0 Å². The molecule has 1 aliphatic heterocycles. The van der Waals surface area contributed by atoms with Crippen molar-refractivity contribution in [2.45, 2.75) is 32.6 Å². The molecule has 1 aromatic carbocycles. The van der Waals surface area contributed by atoms with E-state index in [4.69, 9.17) is 14.3 Å². The first-order valence-corrected chi connectivity index (χ1v) is 10.2. The van der Waals surface area contributed by atoms with Gasteiger partial charge in [0.25, 0.3) is 5.91 Å². The highest BCUT2D eigenvalue weighted by Gasteiger charge is 2.21. The number of oxime groups is 1. The van der Waals surface area contributed by atoms with Gasteiger partial charge in [0.15, 0.2) is 30.5 Å². The topological polar surface area (TPSA) is 99.7 Å². The Hall–Kier alpha value is -3.62. The van der Waals surface area contributed by atoms with Crippen molar-refractivity contribution in [1.29, 1.82) is 0 Å². The lowest BCUT2D eigenvalue weighted by Crippen LogP contribution is -2.34. The van der Waals surface area contributed by atoms with Gasteiger partial charge in [-0.2, -0.15) is 9.83 Å². The maximum Gasteiger partial charge on any atom is 0.283 e. The minimum atomic E-state index is -0.244. The summed E-state index contributed by atoms with van der Waals surface area (Å²) in [6.07, 6.45) is 7.66. The minimum absolute atomic E-state index is 0.151. The summed E-state index contributed by atoms with van der Waals surface area (Å²) in [4.78, 5) is 17.5. The summed E-state index contributed by atoms with van der Waals surface area (Å²) in [6.45, 7) is 2.42. The normalized spacial score (nSPS) is 13.7. The molecule has 0 radical (unpaired) electrons. The van der Waals surface area contributed by atoms with Crippen molar-refractivity contribution in [2.75, 3.05) is 20.3 Å². The first-order valence-electron chi connectivity index (χ1n) is 10.2. The Kier molecular flexibility index (Phi) is 7.80. The first kappa shape index (κ1) is 22.1. The molecule has 31 heavy (non-hydrogen) atoms. The van der Waals surface area contributed by atoms with Crippen molar-refractivity contribution in [3.63, 3.8) is 0 Å². The lowest BCUT2D eigenvalue weighted by atomic mass is 10.0. The number of benzene rings is 1. The Morgan fingerprint density at radius 3 is 2.84 bits per heavy atom. The Bertz CT molecular complexity index is 943. The molecule has 2 aromatic rings. The molecular weight excluding hydrogens is 400 g/mol. The molecule has 9 nitrogen and oxygen atoms in total. The van der Waals surface area contributed by atoms with E-state index in [0.29, 0.717) is 28.5 Å². The second-order valence-corrected chi connectivity index (χ2v) is 6.88. The van der Waals surface area contributed by atoms with E-state index in [0.717, 1.165) is 37.0 Å². The van der Waals surface area contributed by atoms with Gasteiger partial charge in [0, 0.05) is 30.5 Å². The lowest BCUT2D eigenvalue weighted by Gasteiger charge is -2.23. The quantitative estimate of drug-likeness (QED) is 0.265. The van der Waals surface area contributed by atoms with Gasteiger partial charge in [0.2, 0.25) is 0 Å². The molecule has 0 aliphatic carbocycles. The summed E-state index contributed by atoms with van der Waals surface area (Å²) in [7, 11) is 1.56. The van der Waals surface area contributed by atoms with Crippen LogP contribution in [0.2, 0.25) is 0 Å². The number of hydrazone groups is 1. The molecule has 0 atom stereocenters. The van der Waals surface area contributed by atoms with Crippen LogP contribution in [0.1, 0.15) is 38.2 Å². The van der Waals surface area contributed by atoms with Crippen LogP contribution in [0.15, 0.2) is 53.0 Å². The van der Waals surface area contributed by atoms with E-state index in [9.17, 15) is 10.0 Å². The van der Waals surface area contributed by atoms with E-state index >= 15 is 0 Å². The van der Waals surface area contributed by atoms with Crippen LogP contribution in [0.4, 0.5) is 0 Å². The monoisotopic (exact) mass is 426 g/mol. The molecule has 1 amide bonds. The number of carbonyl (C=O) groups is 1. The third-order valence-electron chi connectivity index (χ3n) is 4.56. The third-order valence-corrected chi connectivity index (χ3v) is 4.56. The molecule has 1 aliphatic rings. The molecule has 3 rings (SSSR count). The number of ether oxygens (including phenoxy) is 2. The predicted octanol–water partition coefficient (Wildman–Crippen LogP) is 3.25. The molecular formula is C22H26N4O5. The number of unbranched alkanes of at least 4 members (excludes halogenated alkanes) is 1. The molecule has 0 spiro atoms. The van der Waals surface area contributed by atoms with Crippen LogP contribution in [0.5, 0.6) is 17.2 Å². The highest BCUT2D eigenvalue weighted by molar-refractivity contribution is 6.02. The van der Waals surface area contributed by atoms with Crippen molar-refractivity contribution in [3.8, 4) is 17.2 Å². The zero-order chi connectivity index (χ0) is 22.1. The number of hydrogen-bond acceptors (Lipinski definition) is 7. The lowest BCUT2D eigenvalue weighted by molar-refractivity contribution is -0.605. The smallest absolute Gasteiger partial charge is 0.283 e. The SMILES string of the molecule is CCC/C=N/OCC(=O)N1CCCC(c2ccc(OC)c(Oc3cc[n+]([O-])cc3)c2)=N1. The van der Waals surface area contributed by atoms with Crippen molar-refractivity contribution in [3.05, 3.63) is 53.5 Å². The van der Waals surface area contributed by atoms with Gasteiger partial charge in [-0.25, -0.2) is 5.01 Å². The number of amides is 1. The van der Waals surface area contributed by atoms with E-state index in [1.165, 1.54) is 17.4 Å². The molecule has 0 saturated heterocycles. The summed E-state index contributed by atoms with van der Waals surface area (Å²) >= 11 is 0. The second kappa shape index (κ2) is 11.0. The fraction of sp³-hybridized carbons (Fsp3) is 0.364. The van der Waals surface area contributed by atoms with E-state index in [1.54, 1.807) is 31.5 Å². The second-order valence-electron chi connectivity index (χ2n) is 6.88. The zero-order valence-corrected chi connectivity index (χ0v) is 17.7. The van der Waals surface area contributed by atoms with E-state index in [1.807, 2.05) is 19.1 Å². The number of hydrogen-bond donors (Lipinski definition) is 0. The molecule has 0 saturated carbocycles. The van der Waals surface area contributed by atoms with Crippen LogP contribution in [0.25, 0.3) is 0 Å². The maximum atomic E-state index is 12.4. The molecule has 0 unspecified atom stereocenters. The Morgan fingerprint density at radius 1 is 1.29 bits per heavy atom. The minimum Gasteiger partial charge on any atom is -0.619 e. The van der Waals surface area contributed by atoms with E-state index in [2.05, 4.69) is 10.3 Å². The van der Waals surface area contributed by atoms with Crippen LogP contribution >= 0.6 is 0 Å². The number of methoxy groups -OCH3 is 1. The molecule has 9 heteroatoms. The average Bonchev–Trinajstić information content (AvgIpc) is 2.80. The Morgan fingerprint density at radius 2 is 2.10 bits per heavy atom. The molecule has 2 heterocycles. The standard InChI is InChI=1S/C22H26N4O5/c1-3-4-11-23-30-16-22(27)26-12-5-6-19(24-26)17-7-8-20(29-2)21(15-17)31-18-9-13-25(28)14-10-18/h7-11,13-15H,3-6,12,16H2,1-2H3/b23-11+. The first-order chi connectivity index (χ1) is 15.1. The van der Waals surface area contributed by atoms with Crippen molar-refractivity contribution >= 4 is 17.8 Å². The number of carbonyl (C=O) groups excluding carboxylic acids is 1. The van der Waals surface area contributed by atoms with Crippen molar-refractivity contribution < 1.29 is 23.8 Å². The highest BCUT2D eigenvalue weighted by atomic mass is 16.6. The highest BCUT2D eigenvalue weighted by Crippen LogP contribution is 2.33. The predicted molar refractivity (Wildman–Crippen MR) is 115 cm³/mol. The maximum absolute atomic E-state index is 12.4. The van der Waals surface area contributed by atoms with Gasteiger partial charge in [-0.3, -0.25) is 4.79 Å². The van der Waals surface area contributed by atoms with Crippen LogP contribution in [0, 0.1) is 5.21 Å². The Labute approximate surface area is 181 Å². The third kappa shape index (κ3) is 6.18. The number of nitrogens with zero attached hydrogens (tertiary/aromatic N) is 4.